The first-order valence-corrected chi connectivity index (χ1v) is 6.39. The first-order chi connectivity index (χ1) is 9.36. The molecule has 0 aromatic heterocycles. The minimum atomic E-state index is -4.58. The molecule has 8 heteroatoms. The minimum Gasteiger partial charge on any atom is -0.334 e. The summed E-state index contributed by atoms with van der Waals surface area (Å²) >= 11 is 5.56. The van der Waals surface area contributed by atoms with Gasteiger partial charge < -0.3 is 16.0 Å². The molecule has 0 spiro atoms. The van der Waals surface area contributed by atoms with Gasteiger partial charge in [0.2, 0.25) is 0 Å². The van der Waals surface area contributed by atoms with Crippen LogP contribution in [0.1, 0.15) is 12.0 Å². The lowest BCUT2D eigenvalue weighted by molar-refractivity contribution is -0.136. The lowest BCUT2D eigenvalue weighted by Crippen LogP contribution is -2.39. The van der Waals surface area contributed by atoms with E-state index in [1.165, 1.54) is 6.07 Å². The van der Waals surface area contributed by atoms with E-state index in [1.54, 1.807) is 0 Å². The molecule has 1 atom stereocenters. The molecule has 0 bridgehead atoms. The van der Waals surface area contributed by atoms with E-state index in [1.807, 2.05) is 0 Å². The van der Waals surface area contributed by atoms with Crippen LogP contribution in [-0.2, 0) is 6.18 Å². The van der Waals surface area contributed by atoms with Crippen LogP contribution < -0.4 is 16.0 Å². The van der Waals surface area contributed by atoms with Crippen molar-refractivity contribution in [1.29, 1.82) is 0 Å². The second kappa shape index (κ2) is 5.88. The second-order valence-electron chi connectivity index (χ2n) is 4.48. The van der Waals surface area contributed by atoms with Gasteiger partial charge in [0.05, 0.1) is 11.3 Å². The van der Waals surface area contributed by atoms with Crippen LogP contribution in [0.5, 0.6) is 0 Å². The number of anilines is 1. The number of carbonyl (C=O) groups excluding carboxylic acids is 1. The summed E-state index contributed by atoms with van der Waals surface area (Å²) in [5, 5.41) is 7.83. The summed E-state index contributed by atoms with van der Waals surface area (Å²) in [4.78, 5) is 11.7. The van der Waals surface area contributed by atoms with Crippen molar-refractivity contribution >= 4 is 23.3 Å². The lowest BCUT2D eigenvalue weighted by atomic mass is 10.1. The Bertz CT molecular complexity index is 501. The van der Waals surface area contributed by atoms with Gasteiger partial charge in [0.25, 0.3) is 0 Å². The highest BCUT2D eigenvalue weighted by Gasteiger charge is 2.34. The van der Waals surface area contributed by atoms with Crippen LogP contribution in [-0.4, -0.2) is 25.2 Å². The van der Waals surface area contributed by atoms with Crippen molar-refractivity contribution in [1.82, 2.24) is 10.6 Å². The Morgan fingerprint density at radius 2 is 2.15 bits per heavy atom. The average Bonchev–Trinajstić information content (AvgIpc) is 2.82. The molecule has 1 saturated heterocycles. The highest BCUT2D eigenvalue weighted by atomic mass is 35.5. The highest BCUT2D eigenvalue weighted by Crippen LogP contribution is 2.36. The Balaban J connectivity index is 2.10. The van der Waals surface area contributed by atoms with Crippen LogP contribution in [0.3, 0.4) is 0 Å². The lowest BCUT2D eigenvalue weighted by Gasteiger charge is -2.16. The van der Waals surface area contributed by atoms with Crippen LogP contribution in [0.15, 0.2) is 18.2 Å². The molecule has 4 nitrogen and oxygen atoms in total. The molecule has 1 heterocycles. The number of urea groups is 1. The summed E-state index contributed by atoms with van der Waals surface area (Å²) in [6.07, 6.45) is -3.83. The maximum absolute atomic E-state index is 12.8. The van der Waals surface area contributed by atoms with Crippen molar-refractivity contribution in [3.8, 4) is 0 Å². The van der Waals surface area contributed by atoms with E-state index >= 15 is 0 Å². The van der Waals surface area contributed by atoms with E-state index < -0.39 is 17.8 Å². The SMILES string of the molecule is O=C(Nc1ccc(Cl)cc1C(F)(F)F)N[C@H]1CCNC1. The maximum atomic E-state index is 12.8. The van der Waals surface area contributed by atoms with Gasteiger partial charge in [0.15, 0.2) is 0 Å². The first kappa shape index (κ1) is 14.9. The largest absolute Gasteiger partial charge is 0.418 e. The Labute approximate surface area is 118 Å². The molecular formula is C12H13ClF3N3O. The molecule has 20 heavy (non-hydrogen) atoms. The molecule has 0 aliphatic carbocycles. The van der Waals surface area contributed by atoms with Crippen molar-refractivity contribution in [2.75, 3.05) is 18.4 Å². The average molecular weight is 308 g/mol. The van der Waals surface area contributed by atoms with Gasteiger partial charge in [0.1, 0.15) is 0 Å². The Kier molecular flexibility index (Phi) is 4.39. The summed E-state index contributed by atoms with van der Waals surface area (Å²) in [6, 6.07) is 2.48. The van der Waals surface area contributed by atoms with Gasteiger partial charge in [0, 0.05) is 17.6 Å². The number of nitrogens with one attached hydrogen (secondary N) is 3. The second-order valence-corrected chi connectivity index (χ2v) is 4.91. The third kappa shape index (κ3) is 3.77. The van der Waals surface area contributed by atoms with Crippen LogP contribution in [0.4, 0.5) is 23.7 Å². The fourth-order valence-corrected chi connectivity index (χ4v) is 2.15. The normalized spacial score (nSPS) is 18.9. The summed E-state index contributed by atoms with van der Waals surface area (Å²) in [5.41, 5.74) is -1.28. The number of hydrogen-bond acceptors (Lipinski definition) is 2. The fraction of sp³-hybridized carbons (Fsp3) is 0.417. The molecule has 2 rings (SSSR count). The van der Waals surface area contributed by atoms with Crippen LogP contribution >= 0.6 is 11.6 Å². The van der Waals surface area contributed by atoms with E-state index in [4.69, 9.17) is 11.6 Å². The standard InChI is InChI=1S/C12H13ClF3N3O/c13-7-1-2-10(9(5-7)12(14,15)16)19-11(20)18-8-3-4-17-6-8/h1-2,5,8,17H,3-4,6H2,(H2,18,19,20)/t8-/m0/s1. The number of hydrogen-bond donors (Lipinski definition) is 3. The molecule has 3 N–H and O–H groups in total. The van der Waals surface area contributed by atoms with Crippen molar-refractivity contribution in [2.45, 2.75) is 18.6 Å². The fourth-order valence-electron chi connectivity index (χ4n) is 1.98. The summed E-state index contributed by atoms with van der Waals surface area (Å²) in [6.45, 7) is 1.39. The van der Waals surface area contributed by atoms with Gasteiger partial charge in [-0.15, -0.1) is 0 Å². The third-order valence-corrected chi connectivity index (χ3v) is 3.17. The third-order valence-electron chi connectivity index (χ3n) is 2.93. The minimum absolute atomic E-state index is 0.0386. The molecule has 1 aliphatic heterocycles. The maximum Gasteiger partial charge on any atom is 0.418 e. The number of amides is 2. The van der Waals surface area contributed by atoms with Gasteiger partial charge in [-0.05, 0) is 31.2 Å². The van der Waals surface area contributed by atoms with E-state index in [9.17, 15) is 18.0 Å². The van der Waals surface area contributed by atoms with E-state index in [0.29, 0.717) is 6.54 Å². The van der Waals surface area contributed by atoms with E-state index in [0.717, 1.165) is 25.1 Å². The molecule has 0 radical (unpaired) electrons. The quantitative estimate of drug-likeness (QED) is 0.787. The number of halogens is 4. The van der Waals surface area contributed by atoms with Crippen molar-refractivity contribution in [2.24, 2.45) is 0 Å². The number of carbonyl (C=O) groups is 1. The Hall–Kier alpha value is -1.47. The van der Waals surface area contributed by atoms with Crippen molar-refractivity contribution in [3.63, 3.8) is 0 Å². The summed E-state index contributed by atoms with van der Waals surface area (Å²) in [5.74, 6) is 0. The van der Waals surface area contributed by atoms with Crippen LogP contribution in [0.2, 0.25) is 5.02 Å². The predicted molar refractivity (Wildman–Crippen MR) is 69.9 cm³/mol. The van der Waals surface area contributed by atoms with E-state index in [2.05, 4.69) is 16.0 Å². The van der Waals surface area contributed by atoms with Gasteiger partial charge in [-0.2, -0.15) is 13.2 Å². The highest BCUT2D eigenvalue weighted by molar-refractivity contribution is 6.30. The van der Waals surface area contributed by atoms with Gasteiger partial charge in [-0.25, -0.2) is 4.79 Å². The summed E-state index contributed by atoms with van der Waals surface area (Å²) in [7, 11) is 0. The number of alkyl halides is 3. The van der Waals surface area contributed by atoms with E-state index in [-0.39, 0.29) is 16.8 Å². The Morgan fingerprint density at radius 1 is 1.40 bits per heavy atom. The first-order valence-electron chi connectivity index (χ1n) is 6.01. The van der Waals surface area contributed by atoms with Gasteiger partial charge in [-0.3, -0.25) is 0 Å². The molecule has 0 unspecified atom stereocenters. The monoisotopic (exact) mass is 307 g/mol. The Morgan fingerprint density at radius 3 is 2.75 bits per heavy atom. The van der Waals surface area contributed by atoms with Crippen molar-refractivity contribution < 1.29 is 18.0 Å². The van der Waals surface area contributed by atoms with Crippen LogP contribution in [0, 0.1) is 0 Å². The zero-order valence-corrected chi connectivity index (χ0v) is 11.1. The molecular weight excluding hydrogens is 295 g/mol. The molecule has 1 aliphatic rings. The zero-order chi connectivity index (χ0) is 14.8. The van der Waals surface area contributed by atoms with Gasteiger partial charge in [-0.1, -0.05) is 11.6 Å². The summed E-state index contributed by atoms with van der Waals surface area (Å²) < 4.78 is 38.5. The molecule has 1 aromatic carbocycles. The van der Waals surface area contributed by atoms with Crippen LogP contribution in [0.25, 0.3) is 0 Å². The predicted octanol–water partition coefficient (Wildman–Crippen LogP) is 2.84. The topological polar surface area (TPSA) is 53.2 Å². The number of benzene rings is 1. The molecule has 110 valence electrons. The molecule has 0 saturated carbocycles. The number of rotatable bonds is 2. The smallest absolute Gasteiger partial charge is 0.334 e. The molecule has 1 fully saturated rings. The van der Waals surface area contributed by atoms with Crippen molar-refractivity contribution in [3.05, 3.63) is 28.8 Å². The molecule has 1 aromatic rings. The molecule has 2 amide bonds. The van der Waals surface area contributed by atoms with Gasteiger partial charge >= 0.3 is 12.2 Å². The zero-order valence-electron chi connectivity index (χ0n) is 10.4.